The molecule has 0 rings (SSSR count). The molecule has 0 radical (unpaired) electrons. The van der Waals surface area contributed by atoms with Gasteiger partial charge in [-0.3, -0.25) is 4.55 Å². The molecule has 1 N–H and O–H groups in total. The van der Waals surface area contributed by atoms with E-state index in [9.17, 15) is 8.42 Å². The Labute approximate surface area is 90.5 Å². The quantitative estimate of drug-likeness (QED) is 0.471. The third-order valence-corrected chi connectivity index (χ3v) is 2.65. The lowest BCUT2D eigenvalue weighted by Gasteiger charge is -2.22. The summed E-state index contributed by atoms with van der Waals surface area (Å²) in [6, 6.07) is 0. The third kappa shape index (κ3) is 6.51. The Balaban J connectivity index is 0. The highest BCUT2D eigenvalue weighted by Crippen LogP contribution is 2.11. The second-order valence-electron chi connectivity index (χ2n) is 3.02. The fourth-order valence-corrected chi connectivity index (χ4v) is 2.02. The van der Waals surface area contributed by atoms with Crippen LogP contribution in [0.5, 0.6) is 0 Å². The van der Waals surface area contributed by atoms with Gasteiger partial charge in [-0.05, 0) is 12.8 Å². The average Bonchev–Trinajstić information content (AvgIpc) is 1.79. The zero-order valence-electron chi connectivity index (χ0n) is 7.77. The van der Waals surface area contributed by atoms with Crippen LogP contribution in [0.2, 0.25) is 0 Å². The summed E-state index contributed by atoms with van der Waals surface area (Å²) in [7, 11) is -4.16. The number of alkyl halides is 1. The molecule has 0 amide bonds. The fourth-order valence-electron chi connectivity index (χ4n) is 0.783. The van der Waals surface area contributed by atoms with Gasteiger partial charge in [0.05, 0.1) is 5.50 Å². The molecular formula is C6H15Cl2NO3S. The highest BCUT2D eigenvalue weighted by molar-refractivity contribution is 7.83. The van der Waals surface area contributed by atoms with E-state index in [1.807, 2.05) is 13.8 Å². The van der Waals surface area contributed by atoms with Crippen molar-refractivity contribution in [1.29, 1.82) is 0 Å². The molecule has 0 spiro atoms. The molecule has 0 bridgehead atoms. The predicted molar refractivity (Wildman–Crippen MR) is 55.7 cm³/mol. The molecule has 0 heterocycles. The second-order valence-corrected chi connectivity index (χ2v) is 5.01. The van der Waals surface area contributed by atoms with E-state index in [2.05, 4.69) is 0 Å². The van der Waals surface area contributed by atoms with Crippen molar-refractivity contribution in [2.75, 3.05) is 6.54 Å². The molecule has 13 heavy (non-hydrogen) atoms. The summed E-state index contributed by atoms with van der Waals surface area (Å²) in [5, 5.41) is 0. The highest BCUT2D eigenvalue weighted by atomic mass is 35.5. The van der Waals surface area contributed by atoms with Crippen molar-refractivity contribution in [2.45, 2.75) is 26.3 Å². The minimum absolute atomic E-state index is 0. The first kappa shape index (κ1) is 15.9. The smallest absolute Gasteiger partial charge is 0.273 e. The second kappa shape index (κ2) is 6.03. The first-order valence-corrected chi connectivity index (χ1v) is 5.46. The molecule has 1 unspecified atom stereocenters. The van der Waals surface area contributed by atoms with Crippen molar-refractivity contribution in [2.24, 2.45) is 5.92 Å². The molecule has 0 saturated carbocycles. The molecule has 0 aliphatic heterocycles. The van der Waals surface area contributed by atoms with E-state index >= 15 is 0 Å². The third-order valence-electron chi connectivity index (χ3n) is 1.24. The van der Waals surface area contributed by atoms with E-state index in [-0.39, 0.29) is 24.9 Å². The topological polar surface area (TPSA) is 57.6 Å². The van der Waals surface area contributed by atoms with E-state index in [1.54, 1.807) is 0 Å². The first-order valence-electron chi connectivity index (χ1n) is 3.63. The summed E-state index contributed by atoms with van der Waals surface area (Å²) in [6.45, 7) is 5.41. The van der Waals surface area contributed by atoms with Crippen LogP contribution in [0.3, 0.4) is 0 Å². The Morgan fingerprint density at radius 3 is 1.85 bits per heavy atom. The molecule has 0 aromatic carbocycles. The molecule has 82 valence electrons. The van der Waals surface area contributed by atoms with Gasteiger partial charge in [-0.2, -0.15) is 12.7 Å². The molecule has 0 aromatic heterocycles. The fraction of sp³-hybridized carbons (Fsp3) is 1.00. The Hall–Kier alpha value is 0.450. The van der Waals surface area contributed by atoms with E-state index in [0.29, 0.717) is 0 Å². The summed E-state index contributed by atoms with van der Waals surface area (Å²) in [5.41, 5.74) is -0.720. The van der Waals surface area contributed by atoms with E-state index in [1.165, 1.54) is 6.92 Å². The molecule has 0 aromatic rings. The van der Waals surface area contributed by atoms with Crippen LogP contribution in [0, 0.1) is 5.92 Å². The number of halogens is 2. The maximum absolute atomic E-state index is 10.7. The standard InChI is InChI=1S/C6H14ClNO3S.ClH/c1-5(2)4-8(6(3)7)12(9,10)11;/h5-6H,4H2,1-3H3,(H,9,10,11);1H. The number of rotatable bonds is 4. The zero-order valence-corrected chi connectivity index (χ0v) is 10.2. The van der Waals surface area contributed by atoms with Gasteiger partial charge in [0.1, 0.15) is 0 Å². The lowest BCUT2D eigenvalue weighted by Crippen LogP contribution is -2.37. The van der Waals surface area contributed by atoms with Gasteiger partial charge in [0.25, 0.3) is 0 Å². The Morgan fingerprint density at radius 1 is 1.38 bits per heavy atom. The zero-order chi connectivity index (χ0) is 9.94. The van der Waals surface area contributed by atoms with E-state index < -0.39 is 15.8 Å². The summed E-state index contributed by atoms with van der Waals surface area (Å²) in [6.07, 6.45) is 0. The van der Waals surface area contributed by atoms with Crippen molar-refractivity contribution in [3.63, 3.8) is 0 Å². The van der Waals surface area contributed by atoms with Gasteiger partial charge >= 0.3 is 10.3 Å². The van der Waals surface area contributed by atoms with Crippen molar-refractivity contribution in [3.8, 4) is 0 Å². The molecule has 0 fully saturated rings. The minimum atomic E-state index is -4.16. The summed E-state index contributed by atoms with van der Waals surface area (Å²) >= 11 is 5.56. The van der Waals surface area contributed by atoms with Gasteiger partial charge in [0.15, 0.2) is 0 Å². The summed E-state index contributed by atoms with van der Waals surface area (Å²) in [5.74, 6) is 0.133. The van der Waals surface area contributed by atoms with Gasteiger partial charge in [0.2, 0.25) is 0 Å². The number of hydrogen-bond donors (Lipinski definition) is 1. The van der Waals surface area contributed by atoms with Crippen LogP contribution in [-0.4, -0.2) is 29.3 Å². The molecule has 0 saturated heterocycles. The Kier molecular flexibility index (Phi) is 7.38. The normalized spacial score (nSPS) is 14.4. The van der Waals surface area contributed by atoms with Crippen LogP contribution >= 0.6 is 24.0 Å². The average molecular weight is 252 g/mol. The molecule has 7 heteroatoms. The van der Waals surface area contributed by atoms with Crippen LogP contribution < -0.4 is 0 Å². The molecular weight excluding hydrogens is 237 g/mol. The van der Waals surface area contributed by atoms with Crippen LogP contribution in [0.4, 0.5) is 0 Å². The lowest BCUT2D eigenvalue weighted by molar-refractivity contribution is 0.316. The molecule has 0 aliphatic carbocycles. The van der Waals surface area contributed by atoms with Gasteiger partial charge in [-0.1, -0.05) is 13.8 Å². The monoisotopic (exact) mass is 251 g/mol. The van der Waals surface area contributed by atoms with Crippen molar-refractivity contribution < 1.29 is 13.0 Å². The van der Waals surface area contributed by atoms with Gasteiger partial charge in [-0.25, -0.2) is 0 Å². The van der Waals surface area contributed by atoms with Crippen LogP contribution in [0.25, 0.3) is 0 Å². The van der Waals surface area contributed by atoms with Crippen molar-refractivity contribution >= 4 is 34.3 Å². The van der Waals surface area contributed by atoms with E-state index in [0.717, 1.165) is 4.31 Å². The minimum Gasteiger partial charge on any atom is -0.273 e. The van der Waals surface area contributed by atoms with Gasteiger partial charge in [-0.15, -0.1) is 24.0 Å². The van der Waals surface area contributed by atoms with Crippen LogP contribution in [-0.2, 0) is 10.3 Å². The van der Waals surface area contributed by atoms with Gasteiger partial charge < -0.3 is 0 Å². The Bertz CT molecular complexity index is 228. The highest BCUT2D eigenvalue weighted by Gasteiger charge is 2.24. The summed E-state index contributed by atoms with van der Waals surface area (Å²) in [4.78, 5) is 0. The maximum atomic E-state index is 10.7. The van der Waals surface area contributed by atoms with Crippen LogP contribution in [0.1, 0.15) is 20.8 Å². The Morgan fingerprint density at radius 2 is 1.77 bits per heavy atom. The van der Waals surface area contributed by atoms with Crippen LogP contribution in [0.15, 0.2) is 0 Å². The molecule has 1 atom stereocenters. The number of nitrogens with zero attached hydrogens (tertiary/aromatic N) is 1. The largest absolute Gasteiger partial charge is 0.337 e. The lowest BCUT2D eigenvalue weighted by atomic mass is 10.2. The van der Waals surface area contributed by atoms with E-state index in [4.69, 9.17) is 16.2 Å². The van der Waals surface area contributed by atoms with Crippen molar-refractivity contribution in [1.82, 2.24) is 4.31 Å². The summed E-state index contributed by atoms with van der Waals surface area (Å²) < 4.78 is 31.0. The number of hydrogen-bond acceptors (Lipinski definition) is 2. The van der Waals surface area contributed by atoms with Gasteiger partial charge in [0, 0.05) is 6.54 Å². The van der Waals surface area contributed by atoms with Crippen molar-refractivity contribution in [3.05, 3.63) is 0 Å². The first-order chi connectivity index (χ1) is 5.25. The maximum Gasteiger partial charge on any atom is 0.337 e. The molecule has 0 aliphatic rings. The predicted octanol–water partition coefficient (Wildman–Crippen LogP) is 1.75. The SMILES string of the molecule is CC(C)CN(C(C)Cl)S(=O)(=O)O.Cl. The molecule has 4 nitrogen and oxygen atoms in total.